The van der Waals surface area contributed by atoms with Gasteiger partial charge in [-0.1, -0.05) is 21.1 Å². The van der Waals surface area contributed by atoms with Crippen LogP contribution in [0.25, 0.3) is 11.4 Å². The third kappa shape index (κ3) is 2.12. The van der Waals surface area contributed by atoms with E-state index in [-0.39, 0.29) is 17.3 Å². The molecule has 0 radical (unpaired) electrons. The Morgan fingerprint density at radius 1 is 1.50 bits per heavy atom. The summed E-state index contributed by atoms with van der Waals surface area (Å²) in [6.45, 7) is 1.50. The number of hydrogen-bond donors (Lipinski definition) is 1. The first-order valence-corrected chi connectivity index (χ1v) is 5.34. The second kappa shape index (κ2) is 4.31. The van der Waals surface area contributed by atoms with E-state index in [9.17, 15) is 9.50 Å². The van der Waals surface area contributed by atoms with E-state index in [0.717, 1.165) is 0 Å². The van der Waals surface area contributed by atoms with Crippen molar-refractivity contribution in [3.63, 3.8) is 0 Å². The van der Waals surface area contributed by atoms with Crippen molar-refractivity contribution in [3.8, 4) is 11.4 Å². The number of rotatable bonds is 2. The van der Waals surface area contributed by atoms with Crippen LogP contribution in [0.2, 0.25) is 0 Å². The molecule has 0 saturated heterocycles. The van der Waals surface area contributed by atoms with E-state index in [1.54, 1.807) is 6.07 Å². The summed E-state index contributed by atoms with van der Waals surface area (Å²) >= 11 is 3.15. The molecule has 0 spiro atoms. The lowest BCUT2D eigenvalue weighted by atomic mass is 10.2. The zero-order valence-electron chi connectivity index (χ0n) is 8.32. The molecule has 0 bridgehead atoms. The summed E-state index contributed by atoms with van der Waals surface area (Å²) < 4.78 is 18.9. The Kier molecular flexibility index (Phi) is 3.02. The summed E-state index contributed by atoms with van der Waals surface area (Å²) in [5.41, 5.74) is 0.235. The Morgan fingerprint density at radius 2 is 2.25 bits per heavy atom. The van der Waals surface area contributed by atoms with Crippen LogP contribution in [0.4, 0.5) is 4.39 Å². The van der Waals surface area contributed by atoms with Crippen molar-refractivity contribution >= 4 is 15.9 Å². The molecule has 0 aliphatic carbocycles. The molecule has 0 saturated carbocycles. The Hall–Kier alpha value is -1.27. The topological polar surface area (TPSA) is 59.2 Å². The van der Waals surface area contributed by atoms with E-state index in [4.69, 9.17) is 4.52 Å². The lowest BCUT2D eigenvalue weighted by molar-refractivity contribution is 0.152. The minimum atomic E-state index is -0.861. The van der Waals surface area contributed by atoms with Crippen molar-refractivity contribution in [1.82, 2.24) is 10.1 Å². The van der Waals surface area contributed by atoms with Crippen LogP contribution in [0.5, 0.6) is 0 Å². The fourth-order valence-corrected chi connectivity index (χ4v) is 1.52. The van der Waals surface area contributed by atoms with E-state index >= 15 is 0 Å². The summed E-state index contributed by atoms with van der Waals surface area (Å²) in [6.07, 6.45) is -0.861. The quantitative estimate of drug-likeness (QED) is 0.922. The number of halogens is 2. The molecule has 4 nitrogen and oxygen atoms in total. The maximum Gasteiger partial charge on any atom is 0.255 e. The summed E-state index contributed by atoms with van der Waals surface area (Å²) in [7, 11) is 0. The van der Waals surface area contributed by atoms with Gasteiger partial charge in [0.15, 0.2) is 0 Å². The molecule has 1 heterocycles. The summed E-state index contributed by atoms with van der Waals surface area (Å²) in [5.74, 6) is -0.259. The molecule has 0 aliphatic rings. The lowest BCUT2D eigenvalue weighted by Crippen LogP contribution is -1.91. The first kappa shape index (κ1) is 11.2. The molecule has 1 aromatic heterocycles. The average molecular weight is 287 g/mol. The summed E-state index contributed by atoms with van der Waals surface area (Å²) in [5, 5.41) is 12.8. The van der Waals surface area contributed by atoms with Crippen LogP contribution in [0.15, 0.2) is 27.2 Å². The molecule has 1 aromatic carbocycles. The van der Waals surface area contributed by atoms with Gasteiger partial charge >= 0.3 is 0 Å². The third-order valence-corrected chi connectivity index (χ3v) is 2.46. The number of aliphatic hydroxyl groups is 1. The van der Waals surface area contributed by atoms with E-state index in [1.807, 2.05) is 0 Å². The number of aromatic nitrogens is 2. The number of aliphatic hydroxyl groups excluding tert-OH is 1. The van der Waals surface area contributed by atoms with Crippen molar-refractivity contribution < 1.29 is 14.0 Å². The molecule has 2 aromatic rings. The minimum absolute atomic E-state index is 0.0670. The maximum atomic E-state index is 13.5. The first-order valence-electron chi connectivity index (χ1n) is 4.55. The largest absolute Gasteiger partial charge is 0.384 e. The van der Waals surface area contributed by atoms with Gasteiger partial charge in [-0.2, -0.15) is 4.98 Å². The van der Waals surface area contributed by atoms with Crippen LogP contribution in [0.3, 0.4) is 0 Å². The fraction of sp³-hybridized carbons (Fsp3) is 0.200. The van der Waals surface area contributed by atoms with E-state index < -0.39 is 11.9 Å². The molecule has 0 amide bonds. The molecule has 1 N–H and O–H groups in total. The number of benzene rings is 1. The van der Waals surface area contributed by atoms with Crippen LogP contribution in [-0.2, 0) is 0 Å². The van der Waals surface area contributed by atoms with E-state index in [1.165, 1.54) is 19.1 Å². The minimum Gasteiger partial charge on any atom is -0.384 e. The third-order valence-electron chi connectivity index (χ3n) is 1.97. The second-order valence-electron chi connectivity index (χ2n) is 3.26. The van der Waals surface area contributed by atoms with Gasteiger partial charge in [0.25, 0.3) is 5.89 Å². The van der Waals surface area contributed by atoms with Crippen LogP contribution in [0.1, 0.15) is 18.9 Å². The van der Waals surface area contributed by atoms with Gasteiger partial charge in [-0.05, 0) is 25.1 Å². The van der Waals surface area contributed by atoms with Gasteiger partial charge in [0, 0.05) is 4.47 Å². The summed E-state index contributed by atoms with van der Waals surface area (Å²) in [6, 6.07) is 4.53. The van der Waals surface area contributed by atoms with Crippen molar-refractivity contribution in [2.45, 2.75) is 13.0 Å². The normalized spacial score (nSPS) is 12.8. The van der Waals surface area contributed by atoms with Crippen LogP contribution in [0, 0.1) is 5.82 Å². The SMILES string of the molecule is CC(O)c1nc(-c2ccc(Br)cc2F)no1. The maximum absolute atomic E-state index is 13.5. The highest BCUT2D eigenvalue weighted by Crippen LogP contribution is 2.24. The zero-order valence-corrected chi connectivity index (χ0v) is 9.90. The number of nitrogens with zero attached hydrogens (tertiary/aromatic N) is 2. The average Bonchev–Trinajstić information content (AvgIpc) is 2.66. The van der Waals surface area contributed by atoms with Gasteiger partial charge in [-0.15, -0.1) is 0 Å². The molecule has 1 atom stereocenters. The zero-order chi connectivity index (χ0) is 11.7. The lowest BCUT2D eigenvalue weighted by Gasteiger charge is -1.97. The molecular weight excluding hydrogens is 279 g/mol. The van der Waals surface area contributed by atoms with Crippen molar-refractivity contribution in [3.05, 3.63) is 34.4 Å². The van der Waals surface area contributed by atoms with Crippen molar-refractivity contribution in [2.75, 3.05) is 0 Å². The smallest absolute Gasteiger partial charge is 0.255 e. The van der Waals surface area contributed by atoms with Gasteiger partial charge in [0.1, 0.15) is 11.9 Å². The van der Waals surface area contributed by atoms with E-state index in [2.05, 4.69) is 26.1 Å². The molecule has 2 rings (SSSR count). The Balaban J connectivity index is 2.42. The molecule has 6 heteroatoms. The van der Waals surface area contributed by atoms with Crippen LogP contribution >= 0.6 is 15.9 Å². The molecule has 84 valence electrons. The van der Waals surface area contributed by atoms with Gasteiger partial charge in [-0.25, -0.2) is 4.39 Å². The van der Waals surface area contributed by atoms with Crippen LogP contribution < -0.4 is 0 Å². The van der Waals surface area contributed by atoms with Gasteiger partial charge in [0.2, 0.25) is 5.82 Å². The highest BCUT2D eigenvalue weighted by atomic mass is 79.9. The number of hydrogen-bond acceptors (Lipinski definition) is 4. The van der Waals surface area contributed by atoms with Crippen molar-refractivity contribution in [1.29, 1.82) is 0 Å². The van der Waals surface area contributed by atoms with E-state index in [0.29, 0.717) is 4.47 Å². The molecule has 0 fully saturated rings. The highest BCUT2D eigenvalue weighted by molar-refractivity contribution is 9.10. The fourth-order valence-electron chi connectivity index (χ4n) is 1.19. The molecule has 1 unspecified atom stereocenters. The molecule has 0 aliphatic heterocycles. The Labute approximate surface area is 99.2 Å². The predicted molar refractivity (Wildman–Crippen MR) is 58.0 cm³/mol. The van der Waals surface area contributed by atoms with Crippen molar-refractivity contribution in [2.24, 2.45) is 0 Å². The molecule has 16 heavy (non-hydrogen) atoms. The summed E-state index contributed by atoms with van der Waals surface area (Å²) in [4.78, 5) is 3.89. The Morgan fingerprint density at radius 3 is 2.81 bits per heavy atom. The highest BCUT2D eigenvalue weighted by Gasteiger charge is 2.15. The monoisotopic (exact) mass is 286 g/mol. The predicted octanol–water partition coefficient (Wildman–Crippen LogP) is 2.69. The van der Waals surface area contributed by atoms with Gasteiger partial charge < -0.3 is 9.63 Å². The first-order chi connectivity index (χ1) is 7.58. The standard InChI is InChI=1S/C10H8BrFN2O2/c1-5(15)10-13-9(14-16-10)7-3-2-6(11)4-8(7)12/h2-5,15H,1H3. The van der Waals surface area contributed by atoms with Gasteiger partial charge in [-0.3, -0.25) is 0 Å². The Bertz CT molecular complexity index is 513. The second-order valence-corrected chi connectivity index (χ2v) is 4.17. The van der Waals surface area contributed by atoms with Gasteiger partial charge in [0.05, 0.1) is 5.56 Å². The van der Waals surface area contributed by atoms with Crippen LogP contribution in [-0.4, -0.2) is 15.2 Å². The molecular formula is C10H8BrFN2O2.